The number of allylic oxidation sites excluding steroid dienone is 1. The van der Waals surface area contributed by atoms with Crippen molar-refractivity contribution in [1.29, 1.82) is 0 Å². The van der Waals surface area contributed by atoms with E-state index in [4.69, 9.17) is 15.5 Å². The van der Waals surface area contributed by atoms with Crippen molar-refractivity contribution in [1.82, 2.24) is 0 Å². The first-order chi connectivity index (χ1) is 13.8. The molecule has 0 saturated carbocycles. The number of hydrogen-bond donors (Lipinski definition) is 1. The highest BCUT2D eigenvalue weighted by Gasteiger charge is 2.34. The Morgan fingerprint density at radius 2 is 1.59 bits per heavy atom. The maximum atomic E-state index is 13.5. The van der Waals surface area contributed by atoms with Crippen LogP contribution in [0.2, 0.25) is 0 Å². The Bertz CT molecular complexity index is 956. The zero-order valence-electron chi connectivity index (χ0n) is 15.9. The first-order valence-corrected chi connectivity index (χ1v) is 9.47. The van der Waals surface area contributed by atoms with Crippen molar-refractivity contribution in [3.05, 3.63) is 70.8 Å². The van der Waals surface area contributed by atoms with Gasteiger partial charge in [-0.2, -0.15) is 19.1 Å². The number of halogens is 3. The van der Waals surface area contributed by atoms with Crippen LogP contribution in [0.1, 0.15) is 29.2 Å². The van der Waals surface area contributed by atoms with E-state index in [9.17, 15) is 18.0 Å². The van der Waals surface area contributed by atoms with Gasteiger partial charge in [0.05, 0.1) is 12.7 Å². The van der Waals surface area contributed by atoms with Crippen LogP contribution in [0.4, 0.5) is 13.2 Å². The molecular formula is C20H19F3N2O3S. The number of carbonyl (C=O) groups is 1. The van der Waals surface area contributed by atoms with Crippen molar-refractivity contribution in [2.24, 2.45) is 10.3 Å². The molecule has 0 atom stereocenters. The third-order valence-corrected chi connectivity index (χ3v) is 4.45. The van der Waals surface area contributed by atoms with Crippen molar-refractivity contribution in [3.63, 3.8) is 0 Å². The summed E-state index contributed by atoms with van der Waals surface area (Å²) in [5.41, 5.74) is -0.142. The minimum absolute atomic E-state index is 0.0120. The van der Waals surface area contributed by atoms with E-state index in [2.05, 4.69) is 4.40 Å². The fourth-order valence-corrected chi connectivity index (χ4v) is 3.16. The number of methoxy groups -OCH3 is 1. The molecule has 2 aromatic rings. The summed E-state index contributed by atoms with van der Waals surface area (Å²) in [7, 11) is 1.21. The zero-order chi connectivity index (χ0) is 21.6. The third kappa shape index (κ3) is 4.99. The van der Waals surface area contributed by atoms with Gasteiger partial charge in [0.1, 0.15) is 0 Å². The monoisotopic (exact) mass is 424 g/mol. The molecule has 5 nitrogen and oxygen atoms in total. The molecule has 0 aromatic heterocycles. The number of rotatable bonds is 6. The van der Waals surface area contributed by atoms with Crippen LogP contribution in [-0.2, 0) is 20.5 Å². The molecule has 0 fully saturated rings. The molecule has 0 aliphatic rings. The second kappa shape index (κ2) is 9.62. The standard InChI is InChI=1S/C20H19F3N2O3S/c1-12(13-8-6-7-11-16(13)20(21,22)23)18(28-24)15-10-5-4-9-14(15)17(25-29-3)19(26)27-2/h4-11H,24H2,1-3H3/b18-12+,25-17+. The molecule has 9 heteroatoms. The minimum atomic E-state index is -4.56. The van der Waals surface area contributed by atoms with Gasteiger partial charge in [0.15, 0.2) is 11.5 Å². The Labute approximate surface area is 170 Å². The average molecular weight is 424 g/mol. The van der Waals surface area contributed by atoms with Crippen LogP contribution < -0.4 is 5.90 Å². The van der Waals surface area contributed by atoms with Gasteiger partial charge in [-0.05, 0) is 30.5 Å². The molecule has 0 bridgehead atoms. The summed E-state index contributed by atoms with van der Waals surface area (Å²) in [6, 6.07) is 11.6. The molecule has 154 valence electrons. The Balaban J connectivity index is 2.77. The fraction of sp³-hybridized carbons (Fsp3) is 0.200. The SMILES string of the molecule is COC(=O)/C(=N/SC)c1ccccc1/C(ON)=C(/C)c1ccccc1C(F)(F)F. The van der Waals surface area contributed by atoms with E-state index in [1.807, 2.05) is 0 Å². The molecule has 2 rings (SSSR count). The van der Waals surface area contributed by atoms with Crippen LogP contribution in [0.25, 0.3) is 11.3 Å². The van der Waals surface area contributed by atoms with Crippen LogP contribution in [-0.4, -0.2) is 25.0 Å². The van der Waals surface area contributed by atoms with Gasteiger partial charge in [-0.3, -0.25) is 0 Å². The molecule has 2 N–H and O–H groups in total. The van der Waals surface area contributed by atoms with Gasteiger partial charge in [-0.15, -0.1) is 0 Å². The van der Waals surface area contributed by atoms with Gasteiger partial charge in [-0.1, -0.05) is 42.5 Å². The van der Waals surface area contributed by atoms with Crippen LogP contribution in [0.5, 0.6) is 0 Å². The molecule has 0 unspecified atom stereocenters. The van der Waals surface area contributed by atoms with Crippen molar-refractivity contribution in [2.75, 3.05) is 13.4 Å². The summed E-state index contributed by atoms with van der Waals surface area (Å²) in [5, 5.41) is 0. The highest BCUT2D eigenvalue weighted by molar-refractivity contribution is 7.97. The molecular weight excluding hydrogens is 405 g/mol. The summed E-state index contributed by atoms with van der Waals surface area (Å²) < 4.78 is 49.2. The number of nitrogens with two attached hydrogens (primary N) is 1. The van der Waals surface area contributed by atoms with E-state index >= 15 is 0 Å². The quantitative estimate of drug-likeness (QED) is 0.181. The predicted octanol–water partition coefficient (Wildman–Crippen LogP) is 4.72. The van der Waals surface area contributed by atoms with E-state index < -0.39 is 17.7 Å². The van der Waals surface area contributed by atoms with Crippen LogP contribution in [0, 0.1) is 0 Å². The van der Waals surface area contributed by atoms with E-state index in [-0.39, 0.29) is 22.6 Å². The molecule has 0 saturated heterocycles. The number of carbonyl (C=O) groups excluding carboxylic acids is 1. The second-order valence-corrected chi connectivity index (χ2v) is 6.32. The molecule has 0 amide bonds. The van der Waals surface area contributed by atoms with E-state index in [0.717, 1.165) is 18.0 Å². The summed E-state index contributed by atoms with van der Waals surface area (Å²) >= 11 is 1.04. The Kier molecular flexibility index (Phi) is 7.46. The molecule has 0 spiro atoms. The maximum absolute atomic E-state index is 13.5. The summed E-state index contributed by atoms with van der Waals surface area (Å²) in [4.78, 5) is 17.2. The second-order valence-electron chi connectivity index (χ2n) is 5.77. The van der Waals surface area contributed by atoms with Crippen LogP contribution in [0.3, 0.4) is 0 Å². The molecule has 0 aliphatic carbocycles. The molecule has 0 radical (unpaired) electrons. The normalized spacial score (nSPS) is 13.0. The molecule has 0 heterocycles. The van der Waals surface area contributed by atoms with Crippen LogP contribution >= 0.6 is 11.9 Å². The minimum Gasteiger partial charge on any atom is -0.464 e. The Morgan fingerprint density at radius 1 is 1.03 bits per heavy atom. The van der Waals surface area contributed by atoms with Gasteiger partial charge < -0.3 is 9.57 Å². The van der Waals surface area contributed by atoms with Crippen LogP contribution in [0.15, 0.2) is 52.9 Å². The summed E-state index contributed by atoms with van der Waals surface area (Å²) in [5.74, 6) is 4.74. The average Bonchev–Trinajstić information content (AvgIpc) is 2.72. The molecule has 2 aromatic carbocycles. The smallest absolute Gasteiger partial charge is 0.416 e. The van der Waals surface area contributed by atoms with Gasteiger partial charge in [-0.25, -0.2) is 9.19 Å². The van der Waals surface area contributed by atoms with Crippen molar-refractivity contribution in [2.45, 2.75) is 13.1 Å². The number of nitrogens with zero attached hydrogens (tertiary/aromatic N) is 1. The Hall–Kier alpha value is -2.78. The molecule has 29 heavy (non-hydrogen) atoms. The van der Waals surface area contributed by atoms with E-state index in [1.54, 1.807) is 30.5 Å². The number of alkyl halides is 3. The number of ether oxygens (including phenoxy) is 1. The molecule has 0 aliphatic heterocycles. The maximum Gasteiger partial charge on any atom is 0.416 e. The number of benzene rings is 2. The van der Waals surface area contributed by atoms with Crippen molar-refractivity contribution >= 4 is 35.0 Å². The highest BCUT2D eigenvalue weighted by atomic mass is 32.2. The summed E-state index contributed by atoms with van der Waals surface area (Å²) in [6.45, 7) is 1.47. The lowest BCUT2D eigenvalue weighted by molar-refractivity contribution is -0.137. The highest BCUT2D eigenvalue weighted by Crippen LogP contribution is 2.37. The first kappa shape index (κ1) is 22.5. The van der Waals surface area contributed by atoms with Gasteiger partial charge in [0.25, 0.3) is 0 Å². The van der Waals surface area contributed by atoms with Gasteiger partial charge >= 0.3 is 12.1 Å². The Morgan fingerprint density at radius 3 is 2.10 bits per heavy atom. The first-order valence-electron chi connectivity index (χ1n) is 8.29. The van der Waals surface area contributed by atoms with Gasteiger partial charge in [0.2, 0.25) is 0 Å². The van der Waals surface area contributed by atoms with Crippen molar-refractivity contribution < 1.29 is 27.5 Å². The van der Waals surface area contributed by atoms with Crippen molar-refractivity contribution in [3.8, 4) is 0 Å². The lowest BCUT2D eigenvalue weighted by Crippen LogP contribution is -2.19. The topological polar surface area (TPSA) is 73.9 Å². The predicted molar refractivity (Wildman–Crippen MR) is 108 cm³/mol. The summed E-state index contributed by atoms with van der Waals surface area (Å²) in [6.07, 6.45) is -2.90. The van der Waals surface area contributed by atoms with Gasteiger partial charge in [0, 0.05) is 23.0 Å². The largest absolute Gasteiger partial charge is 0.464 e. The lowest BCUT2D eigenvalue weighted by Gasteiger charge is -2.18. The fourth-order valence-electron chi connectivity index (χ4n) is 2.81. The number of esters is 1. The van der Waals surface area contributed by atoms with E-state index in [1.165, 1.54) is 32.2 Å². The number of hydrogen-bond acceptors (Lipinski definition) is 6. The third-order valence-electron chi connectivity index (χ3n) is 4.08. The zero-order valence-corrected chi connectivity index (χ0v) is 16.7. The van der Waals surface area contributed by atoms with E-state index in [0.29, 0.717) is 11.1 Å². The lowest BCUT2D eigenvalue weighted by atomic mass is 9.94.